The molecule has 0 aromatic heterocycles. The Morgan fingerprint density at radius 3 is 1.84 bits per heavy atom. The van der Waals surface area contributed by atoms with Crippen molar-refractivity contribution >= 4 is 5.97 Å². The summed E-state index contributed by atoms with van der Waals surface area (Å²) in [4.78, 5) is 11.5. The second-order valence-corrected chi connectivity index (χ2v) is 7.45. The van der Waals surface area contributed by atoms with E-state index >= 15 is 0 Å². The summed E-state index contributed by atoms with van der Waals surface area (Å²) in [5, 5.41) is 0. The van der Waals surface area contributed by atoms with E-state index in [1.807, 2.05) is 6.92 Å². The number of halogens is 4. The predicted octanol–water partition coefficient (Wildman–Crippen LogP) is 7.22. The summed E-state index contributed by atoms with van der Waals surface area (Å²) < 4.78 is 65.7. The van der Waals surface area contributed by atoms with Crippen LogP contribution in [0.5, 0.6) is 5.75 Å². The third-order valence-corrected chi connectivity index (χ3v) is 4.48. The van der Waals surface area contributed by atoms with E-state index in [1.165, 1.54) is 18.1 Å². The van der Waals surface area contributed by atoms with Crippen molar-refractivity contribution in [3.05, 3.63) is 63.8 Å². The van der Waals surface area contributed by atoms with Gasteiger partial charge >= 0.3 is 5.97 Å². The van der Waals surface area contributed by atoms with Crippen LogP contribution in [0.3, 0.4) is 0 Å². The van der Waals surface area contributed by atoms with Gasteiger partial charge in [-0.3, -0.25) is 0 Å². The molecule has 1 rings (SSSR count). The molecule has 0 heterocycles. The monoisotopic (exact) mass is 442 g/mol. The van der Waals surface area contributed by atoms with Gasteiger partial charge in [0, 0.05) is 0 Å². The van der Waals surface area contributed by atoms with Crippen molar-refractivity contribution in [3.63, 3.8) is 0 Å². The Bertz CT molecular complexity index is 837. The SMILES string of the molecule is CCOC(=O)c1c(F)c(F)c(OCC=C(C)CCC=C(C)CCC=C(C)C)c(F)c1F. The van der Waals surface area contributed by atoms with E-state index < -0.39 is 40.6 Å². The molecule has 0 unspecified atom stereocenters. The number of ether oxygens (including phenoxy) is 2. The first-order valence-corrected chi connectivity index (χ1v) is 10.2. The minimum absolute atomic E-state index is 0.201. The van der Waals surface area contributed by atoms with Crippen LogP contribution in [0, 0.1) is 23.3 Å². The zero-order valence-corrected chi connectivity index (χ0v) is 18.7. The van der Waals surface area contributed by atoms with Gasteiger partial charge in [-0.1, -0.05) is 28.9 Å². The van der Waals surface area contributed by atoms with E-state index in [1.54, 1.807) is 6.08 Å². The number of rotatable bonds is 11. The van der Waals surface area contributed by atoms with Crippen LogP contribution in [0.2, 0.25) is 0 Å². The lowest BCUT2D eigenvalue weighted by atomic mass is 10.1. The second kappa shape index (κ2) is 13.0. The predicted molar refractivity (Wildman–Crippen MR) is 113 cm³/mol. The molecule has 0 aliphatic carbocycles. The molecule has 1 aromatic rings. The Kier molecular flexibility index (Phi) is 11.1. The summed E-state index contributed by atoms with van der Waals surface area (Å²) in [5.74, 6) is -9.93. The highest BCUT2D eigenvalue weighted by Gasteiger charge is 2.31. The minimum atomic E-state index is -1.85. The maximum absolute atomic E-state index is 14.1. The van der Waals surface area contributed by atoms with Crippen LogP contribution in [0.4, 0.5) is 17.6 Å². The summed E-state index contributed by atoms with van der Waals surface area (Å²) >= 11 is 0. The van der Waals surface area contributed by atoms with Crippen molar-refractivity contribution in [1.82, 2.24) is 0 Å². The fraction of sp³-hybridized carbons (Fsp3) is 0.458. The molecule has 1 aromatic carbocycles. The topological polar surface area (TPSA) is 35.5 Å². The Labute approximate surface area is 181 Å². The van der Waals surface area contributed by atoms with Crippen LogP contribution in [0.15, 0.2) is 34.9 Å². The van der Waals surface area contributed by atoms with Crippen LogP contribution in [0.1, 0.15) is 70.7 Å². The molecular weight excluding hydrogens is 412 g/mol. The molecule has 0 atom stereocenters. The van der Waals surface area contributed by atoms with E-state index in [4.69, 9.17) is 4.74 Å². The first kappa shape index (κ1) is 26.5. The standard InChI is InChI=1S/C24H30F4O3/c1-6-30-24(29)18-19(25)21(27)23(22(28)20(18)26)31-14-13-17(5)12-8-11-16(4)10-7-9-15(2)3/h9,11,13H,6-8,10,12,14H2,1-5H3. The van der Waals surface area contributed by atoms with E-state index in [2.05, 4.69) is 37.7 Å². The van der Waals surface area contributed by atoms with Gasteiger partial charge in [0.05, 0.1) is 6.61 Å². The number of carbonyl (C=O) groups excluding carboxylic acids is 1. The van der Waals surface area contributed by atoms with E-state index in [9.17, 15) is 22.4 Å². The number of hydrogen-bond acceptors (Lipinski definition) is 3. The number of esters is 1. The van der Waals surface area contributed by atoms with Crippen LogP contribution in [0.25, 0.3) is 0 Å². The zero-order chi connectivity index (χ0) is 23.6. The van der Waals surface area contributed by atoms with Gasteiger partial charge in [-0.15, -0.1) is 0 Å². The molecule has 0 spiro atoms. The van der Waals surface area contributed by atoms with Gasteiger partial charge in [0.15, 0.2) is 17.4 Å². The molecule has 0 N–H and O–H groups in total. The number of hydrogen-bond donors (Lipinski definition) is 0. The normalized spacial score (nSPS) is 12.0. The molecule has 7 heteroatoms. The third kappa shape index (κ3) is 8.23. The van der Waals surface area contributed by atoms with E-state index in [-0.39, 0.29) is 13.2 Å². The van der Waals surface area contributed by atoms with Gasteiger partial charge in [0.1, 0.15) is 12.2 Å². The second-order valence-electron chi connectivity index (χ2n) is 7.45. The smallest absolute Gasteiger partial charge is 0.344 e. The summed E-state index contributed by atoms with van der Waals surface area (Å²) in [6.07, 6.45) is 9.38. The first-order valence-electron chi connectivity index (χ1n) is 10.2. The van der Waals surface area contributed by atoms with Crippen LogP contribution < -0.4 is 4.74 Å². The number of benzene rings is 1. The van der Waals surface area contributed by atoms with Crippen LogP contribution >= 0.6 is 0 Å². The molecule has 0 saturated carbocycles. The lowest BCUT2D eigenvalue weighted by molar-refractivity contribution is 0.0511. The van der Waals surface area contributed by atoms with Crippen LogP contribution in [-0.2, 0) is 4.74 Å². The Hall–Kier alpha value is -2.57. The Morgan fingerprint density at radius 2 is 1.32 bits per heavy atom. The minimum Gasteiger partial charge on any atom is -0.483 e. The fourth-order valence-corrected chi connectivity index (χ4v) is 2.73. The summed E-state index contributed by atoms with van der Waals surface area (Å²) in [5.41, 5.74) is 2.05. The average molecular weight is 442 g/mol. The molecule has 0 amide bonds. The lowest BCUT2D eigenvalue weighted by Gasteiger charge is -2.12. The molecule has 0 bridgehead atoms. The zero-order valence-electron chi connectivity index (χ0n) is 18.7. The van der Waals surface area contributed by atoms with Gasteiger partial charge < -0.3 is 9.47 Å². The van der Waals surface area contributed by atoms with Crippen molar-refractivity contribution in [2.24, 2.45) is 0 Å². The van der Waals surface area contributed by atoms with Crippen molar-refractivity contribution in [1.29, 1.82) is 0 Å². The fourth-order valence-electron chi connectivity index (χ4n) is 2.73. The molecular formula is C24H30F4O3. The lowest BCUT2D eigenvalue weighted by Crippen LogP contribution is -2.15. The summed E-state index contributed by atoms with van der Waals surface area (Å²) in [6.45, 7) is 8.93. The number of carbonyl (C=O) groups is 1. The van der Waals surface area contributed by atoms with E-state index in [0.29, 0.717) is 6.42 Å². The molecule has 0 saturated heterocycles. The van der Waals surface area contributed by atoms with Crippen molar-refractivity contribution in [2.45, 2.75) is 60.3 Å². The molecule has 0 fully saturated rings. The van der Waals surface area contributed by atoms with Crippen molar-refractivity contribution < 1.29 is 31.8 Å². The van der Waals surface area contributed by atoms with Crippen molar-refractivity contribution in [3.8, 4) is 5.75 Å². The molecule has 0 aliphatic heterocycles. The largest absolute Gasteiger partial charge is 0.483 e. The maximum atomic E-state index is 14.1. The molecule has 172 valence electrons. The van der Waals surface area contributed by atoms with Gasteiger partial charge in [0.25, 0.3) is 0 Å². The van der Waals surface area contributed by atoms with Gasteiger partial charge in [-0.05, 0) is 66.4 Å². The molecule has 3 nitrogen and oxygen atoms in total. The Balaban J connectivity index is 2.73. The van der Waals surface area contributed by atoms with Gasteiger partial charge in [-0.25, -0.2) is 13.6 Å². The van der Waals surface area contributed by atoms with Gasteiger partial charge in [-0.2, -0.15) is 8.78 Å². The maximum Gasteiger partial charge on any atom is 0.344 e. The van der Waals surface area contributed by atoms with Gasteiger partial charge in [0.2, 0.25) is 11.6 Å². The Morgan fingerprint density at radius 1 is 0.806 bits per heavy atom. The third-order valence-electron chi connectivity index (χ3n) is 4.48. The highest BCUT2D eigenvalue weighted by atomic mass is 19.2. The molecule has 0 aliphatic rings. The first-order chi connectivity index (χ1) is 14.6. The molecule has 0 radical (unpaired) electrons. The van der Waals surface area contributed by atoms with Crippen molar-refractivity contribution in [2.75, 3.05) is 13.2 Å². The average Bonchev–Trinajstić information content (AvgIpc) is 2.69. The highest BCUT2D eigenvalue weighted by Crippen LogP contribution is 2.30. The highest BCUT2D eigenvalue weighted by molar-refractivity contribution is 5.90. The number of allylic oxidation sites excluding steroid dienone is 5. The van der Waals surface area contributed by atoms with E-state index in [0.717, 1.165) is 24.8 Å². The quantitative estimate of drug-likeness (QED) is 0.157. The molecule has 31 heavy (non-hydrogen) atoms. The summed E-state index contributed by atoms with van der Waals surface area (Å²) in [7, 11) is 0. The van der Waals surface area contributed by atoms with Crippen LogP contribution in [-0.4, -0.2) is 19.2 Å². The summed E-state index contributed by atoms with van der Waals surface area (Å²) in [6, 6.07) is 0.